The zero-order chi connectivity index (χ0) is 26.0. The largest absolute Gasteiger partial charge is 0.497 e. The van der Waals surface area contributed by atoms with Crippen LogP contribution in [0.3, 0.4) is 0 Å². The first-order valence-electron chi connectivity index (χ1n) is 10.6. The molecule has 10 heteroatoms. The second-order valence-electron chi connectivity index (χ2n) is 7.64. The molecule has 1 aliphatic heterocycles. The summed E-state index contributed by atoms with van der Waals surface area (Å²) in [5.41, 5.74) is 7.35. The van der Waals surface area contributed by atoms with Crippen molar-refractivity contribution in [3.8, 4) is 35.1 Å². The molecule has 0 bridgehead atoms. The molecule has 2 aromatic carbocycles. The summed E-state index contributed by atoms with van der Waals surface area (Å²) in [6, 6.07) is 14.6. The third-order valence-corrected chi connectivity index (χ3v) is 6.97. The van der Waals surface area contributed by atoms with Gasteiger partial charge in [0.2, 0.25) is 0 Å². The molecule has 36 heavy (non-hydrogen) atoms. The highest BCUT2D eigenvalue weighted by Gasteiger charge is 2.34. The van der Waals surface area contributed by atoms with Gasteiger partial charge in [-0.25, -0.2) is 0 Å². The Kier molecular flexibility index (Phi) is 6.73. The van der Waals surface area contributed by atoms with Crippen molar-refractivity contribution in [3.05, 3.63) is 72.6 Å². The maximum absolute atomic E-state index is 13.5. The summed E-state index contributed by atoms with van der Waals surface area (Å²) in [6.45, 7) is 0. The smallest absolute Gasteiger partial charge is 0.274 e. The molecule has 3 aromatic rings. The Labute approximate surface area is 210 Å². The topological polar surface area (TPSA) is 133 Å². The van der Waals surface area contributed by atoms with E-state index in [4.69, 9.17) is 24.7 Å². The molecule has 4 rings (SSSR count). The van der Waals surface area contributed by atoms with Crippen LogP contribution >= 0.6 is 11.3 Å². The molecule has 2 N–H and O–H groups in total. The van der Waals surface area contributed by atoms with Gasteiger partial charge in [-0.05, 0) is 42.5 Å². The van der Waals surface area contributed by atoms with E-state index in [1.54, 1.807) is 49.6 Å². The van der Waals surface area contributed by atoms with Gasteiger partial charge in [-0.2, -0.15) is 10.5 Å². The van der Waals surface area contributed by atoms with Gasteiger partial charge >= 0.3 is 0 Å². The minimum atomic E-state index is -0.845. The zero-order valence-corrected chi connectivity index (χ0v) is 20.8. The van der Waals surface area contributed by atoms with Gasteiger partial charge in [-0.3, -0.25) is 9.36 Å². The Morgan fingerprint density at radius 1 is 0.917 bits per heavy atom. The molecular weight excluding hydrogens is 480 g/mol. The lowest BCUT2D eigenvalue weighted by atomic mass is 9.84. The van der Waals surface area contributed by atoms with E-state index < -0.39 is 11.5 Å². The minimum Gasteiger partial charge on any atom is -0.497 e. The number of hydrogen-bond acceptors (Lipinski definition) is 9. The van der Waals surface area contributed by atoms with Gasteiger partial charge in [-0.1, -0.05) is 0 Å². The normalized spacial score (nSPS) is 15.1. The van der Waals surface area contributed by atoms with Crippen LogP contribution in [0.15, 0.2) is 46.8 Å². The van der Waals surface area contributed by atoms with E-state index in [1.165, 1.54) is 25.9 Å². The Morgan fingerprint density at radius 2 is 1.53 bits per heavy atom. The number of methoxy groups -OCH3 is 4. The molecular formula is C26H22N4O5S. The summed E-state index contributed by atoms with van der Waals surface area (Å²) in [6.07, 6.45) is 1.65. The van der Waals surface area contributed by atoms with E-state index in [0.717, 1.165) is 11.3 Å². The Balaban J connectivity index is 2.08. The van der Waals surface area contributed by atoms with Crippen molar-refractivity contribution >= 4 is 28.8 Å². The van der Waals surface area contributed by atoms with Gasteiger partial charge in [0.05, 0.1) is 62.2 Å². The van der Waals surface area contributed by atoms with Crippen molar-refractivity contribution in [1.29, 1.82) is 10.5 Å². The van der Waals surface area contributed by atoms with Gasteiger partial charge in [0.1, 0.15) is 33.5 Å². The van der Waals surface area contributed by atoms with Gasteiger partial charge in [0, 0.05) is 11.1 Å². The fourth-order valence-electron chi connectivity index (χ4n) is 4.12. The fraction of sp³-hybridized carbons (Fsp3) is 0.192. The minimum absolute atomic E-state index is 0.0418. The summed E-state index contributed by atoms with van der Waals surface area (Å²) in [5.74, 6) is 1.21. The first-order chi connectivity index (χ1) is 17.4. The van der Waals surface area contributed by atoms with Gasteiger partial charge < -0.3 is 24.7 Å². The van der Waals surface area contributed by atoms with E-state index in [1.807, 2.05) is 0 Å². The number of fused-ring (bicyclic) bond motifs is 1. The Bertz CT molecular complexity index is 1650. The van der Waals surface area contributed by atoms with Gasteiger partial charge in [0.25, 0.3) is 5.56 Å². The molecule has 1 aliphatic rings. The highest BCUT2D eigenvalue weighted by molar-refractivity contribution is 7.07. The molecule has 9 nitrogen and oxygen atoms in total. The van der Waals surface area contributed by atoms with Gasteiger partial charge in [0.15, 0.2) is 0 Å². The molecule has 0 saturated heterocycles. The number of hydrogen-bond donors (Lipinski definition) is 1. The summed E-state index contributed by atoms with van der Waals surface area (Å²) in [7, 11) is 6.08. The molecule has 0 saturated carbocycles. The third-order valence-electron chi connectivity index (χ3n) is 5.86. The lowest BCUT2D eigenvalue weighted by molar-refractivity contribution is 0.398. The molecule has 2 heterocycles. The average Bonchev–Trinajstić information content (AvgIpc) is 3.23. The first-order valence-corrected chi connectivity index (χ1v) is 11.5. The highest BCUT2D eigenvalue weighted by Crippen LogP contribution is 2.41. The first kappa shape index (κ1) is 24.5. The Hall–Kier alpha value is -4.67. The number of rotatable bonds is 6. The number of nitrogens with two attached hydrogens (primary N) is 1. The molecule has 0 unspecified atom stereocenters. The maximum Gasteiger partial charge on any atom is 0.274 e. The van der Waals surface area contributed by atoms with E-state index in [-0.39, 0.29) is 17.0 Å². The van der Waals surface area contributed by atoms with E-state index >= 15 is 0 Å². The number of allylic oxidation sites excluding steroid dienone is 1. The van der Waals surface area contributed by atoms with Crippen molar-refractivity contribution in [3.63, 3.8) is 0 Å². The lowest BCUT2D eigenvalue weighted by Gasteiger charge is -2.24. The quantitative estimate of drug-likeness (QED) is 0.540. The summed E-state index contributed by atoms with van der Waals surface area (Å²) in [5, 5.41) is 20.3. The molecule has 0 amide bonds. The number of nitriles is 2. The van der Waals surface area contributed by atoms with Crippen LogP contribution in [0.5, 0.6) is 23.0 Å². The number of benzene rings is 2. The second kappa shape index (κ2) is 9.90. The lowest BCUT2D eigenvalue weighted by Crippen LogP contribution is -2.38. The molecule has 1 aromatic heterocycles. The van der Waals surface area contributed by atoms with Crippen LogP contribution in [-0.2, 0) is 0 Å². The third kappa shape index (κ3) is 3.94. The highest BCUT2D eigenvalue weighted by atomic mass is 32.1. The van der Waals surface area contributed by atoms with Crippen LogP contribution in [-0.4, -0.2) is 33.0 Å². The summed E-state index contributed by atoms with van der Waals surface area (Å²) in [4.78, 5) is 13.5. The van der Waals surface area contributed by atoms with E-state index in [0.29, 0.717) is 43.3 Å². The van der Waals surface area contributed by atoms with Crippen LogP contribution in [0.2, 0.25) is 0 Å². The van der Waals surface area contributed by atoms with Crippen molar-refractivity contribution in [2.24, 2.45) is 5.73 Å². The predicted molar refractivity (Wildman–Crippen MR) is 135 cm³/mol. The van der Waals surface area contributed by atoms with Crippen LogP contribution in [0.25, 0.3) is 17.5 Å². The molecule has 1 atom stereocenters. The fourth-order valence-corrected chi connectivity index (χ4v) is 5.24. The number of aromatic nitrogens is 1. The van der Waals surface area contributed by atoms with Crippen LogP contribution < -0.4 is 39.4 Å². The number of nitrogens with zero attached hydrogens (tertiary/aromatic N) is 3. The molecule has 0 spiro atoms. The second-order valence-corrected chi connectivity index (χ2v) is 8.67. The zero-order valence-electron chi connectivity index (χ0n) is 20.0. The van der Waals surface area contributed by atoms with Crippen molar-refractivity contribution in [1.82, 2.24) is 4.57 Å². The predicted octanol–water partition coefficient (Wildman–Crippen LogP) is 1.90. The molecule has 0 radical (unpaired) electrons. The number of ether oxygens (including phenoxy) is 4. The van der Waals surface area contributed by atoms with Gasteiger partial charge in [-0.15, -0.1) is 11.3 Å². The van der Waals surface area contributed by atoms with Crippen LogP contribution in [0, 0.1) is 22.7 Å². The number of thiazole rings is 1. The summed E-state index contributed by atoms with van der Waals surface area (Å²) >= 11 is 1.10. The molecule has 0 fully saturated rings. The maximum atomic E-state index is 13.5. The molecule has 182 valence electrons. The van der Waals surface area contributed by atoms with Crippen molar-refractivity contribution < 1.29 is 18.9 Å². The Morgan fingerprint density at radius 3 is 2.11 bits per heavy atom. The van der Waals surface area contributed by atoms with E-state index in [9.17, 15) is 15.3 Å². The van der Waals surface area contributed by atoms with E-state index in [2.05, 4.69) is 12.1 Å². The van der Waals surface area contributed by atoms with Crippen LogP contribution in [0.1, 0.15) is 17.0 Å². The molecule has 0 aliphatic carbocycles. The monoisotopic (exact) mass is 502 g/mol. The van der Waals surface area contributed by atoms with Crippen LogP contribution in [0.4, 0.5) is 0 Å². The average molecular weight is 503 g/mol. The SMILES string of the molecule is COc1ccc(OC)c(/C=c2\sc3n(c2=O)C(N)=C(C#N)[C@H](c2cc(OC)ccc2OC)C=3C#N)c1. The van der Waals surface area contributed by atoms with Crippen molar-refractivity contribution in [2.75, 3.05) is 28.4 Å². The standard InChI is InChI=1S/C26H22N4O5S/c1-32-15-5-7-20(34-3)14(9-15)10-22-25(31)30-24(29)18(12-27)23(19(13-28)26(30)36-22)17-11-16(33-2)6-8-21(17)35-4/h5-11,23H,29H2,1-4H3/b22-10-/t23-/m0/s1. The van der Waals surface area contributed by atoms with Crippen molar-refractivity contribution in [2.45, 2.75) is 5.92 Å². The summed E-state index contributed by atoms with van der Waals surface area (Å²) < 4.78 is 23.4.